The normalized spacial score (nSPS) is 11.3. The predicted octanol–water partition coefficient (Wildman–Crippen LogP) is 3.57. The fourth-order valence-electron chi connectivity index (χ4n) is 2.23. The number of halogens is 1. The summed E-state index contributed by atoms with van der Waals surface area (Å²) >= 11 is 8.52. The lowest BCUT2D eigenvalue weighted by molar-refractivity contribution is 0.0977. The second-order valence-electron chi connectivity index (χ2n) is 6.19. The van der Waals surface area contributed by atoms with Crippen molar-refractivity contribution in [2.24, 2.45) is 0 Å². The number of aryl methyl sites for hydroxylation is 1. The average Bonchev–Trinajstić information content (AvgIpc) is 2.53. The maximum Gasteiger partial charge on any atom is 0.258 e. The summed E-state index contributed by atoms with van der Waals surface area (Å²) < 4.78 is 27.4. The summed E-state index contributed by atoms with van der Waals surface area (Å²) in [7, 11) is -3.55. The van der Waals surface area contributed by atoms with Crippen molar-refractivity contribution in [2.45, 2.75) is 31.7 Å². The number of thiocarbonyl (C=S) groups is 1. The molecule has 1 amide bonds. The van der Waals surface area contributed by atoms with Crippen LogP contribution in [-0.2, 0) is 10.0 Å². The van der Waals surface area contributed by atoms with Gasteiger partial charge in [0, 0.05) is 16.2 Å². The molecule has 144 valence electrons. The second-order valence-corrected chi connectivity index (χ2v) is 9.17. The SMILES string of the molecule is Cc1ccc(C(=O)NC(=S)Nc2ccc(S(=O)(=O)NC(C)C)cc2)c(Br)c1. The molecule has 0 aliphatic heterocycles. The number of carbonyl (C=O) groups excluding carboxylic acids is 1. The van der Waals surface area contributed by atoms with E-state index >= 15 is 0 Å². The molecule has 0 saturated carbocycles. The average molecular weight is 470 g/mol. The molecular formula is C18H20BrN3O3S2. The maximum atomic E-state index is 12.3. The van der Waals surface area contributed by atoms with Crippen molar-refractivity contribution in [3.8, 4) is 0 Å². The lowest BCUT2D eigenvalue weighted by Gasteiger charge is -2.12. The van der Waals surface area contributed by atoms with Crippen molar-refractivity contribution < 1.29 is 13.2 Å². The van der Waals surface area contributed by atoms with Crippen LogP contribution >= 0.6 is 28.1 Å². The van der Waals surface area contributed by atoms with Gasteiger partial charge in [-0.1, -0.05) is 6.07 Å². The smallest absolute Gasteiger partial charge is 0.258 e. The van der Waals surface area contributed by atoms with Crippen molar-refractivity contribution in [3.05, 3.63) is 58.1 Å². The minimum atomic E-state index is -3.55. The monoisotopic (exact) mass is 469 g/mol. The van der Waals surface area contributed by atoms with Gasteiger partial charge in [-0.3, -0.25) is 10.1 Å². The largest absolute Gasteiger partial charge is 0.332 e. The van der Waals surface area contributed by atoms with Gasteiger partial charge in [-0.25, -0.2) is 13.1 Å². The highest BCUT2D eigenvalue weighted by molar-refractivity contribution is 9.10. The van der Waals surface area contributed by atoms with Crippen LogP contribution < -0.4 is 15.4 Å². The lowest BCUT2D eigenvalue weighted by Crippen LogP contribution is -2.34. The van der Waals surface area contributed by atoms with Crippen LogP contribution in [0.3, 0.4) is 0 Å². The summed E-state index contributed by atoms with van der Waals surface area (Å²) in [6.45, 7) is 5.43. The molecule has 2 aromatic rings. The standard InChI is InChI=1S/C18H20BrN3O3S2/c1-11(2)22-27(24,25)14-7-5-13(6-8-14)20-18(26)21-17(23)15-9-4-12(3)10-16(15)19/h4-11,22H,1-3H3,(H2,20,21,23,26). The van der Waals surface area contributed by atoms with E-state index in [0.717, 1.165) is 5.56 Å². The molecule has 0 aromatic heterocycles. The number of sulfonamides is 1. The molecule has 3 N–H and O–H groups in total. The molecule has 0 saturated heterocycles. The van der Waals surface area contributed by atoms with Gasteiger partial charge in [-0.05, 0) is 90.9 Å². The maximum absolute atomic E-state index is 12.3. The third-order valence-electron chi connectivity index (χ3n) is 3.41. The highest BCUT2D eigenvalue weighted by Crippen LogP contribution is 2.18. The van der Waals surface area contributed by atoms with Crippen LogP contribution in [0.5, 0.6) is 0 Å². The fraction of sp³-hybridized carbons (Fsp3) is 0.222. The molecule has 0 bridgehead atoms. The number of rotatable bonds is 5. The molecular weight excluding hydrogens is 450 g/mol. The Bertz CT molecular complexity index is 958. The van der Waals surface area contributed by atoms with Crippen LogP contribution in [0.2, 0.25) is 0 Å². The molecule has 6 nitrogen and oxygen atoms in total. The first-order valence-corrected chi connectivity index (χ1v) is 10.8. The third-order valence-corrected chi connectivity index (χ3v) is 5.94. The number of benzene rings is 2. The van der Waals surface area contributed by atoms with Crippen molar-refractivity contribution in [1.82, 2.24) is 10.0 Å². The Hall–Kier alpha value is -1.81. The fourth-order valence-corrected chi connectivity index (χ4v) is 4.37. The highest BCUT2D eigenvalue weighted by Gasteiger charge is 2.15. The Kier molecular flexibility index (Phi) is 7.10. The number of hydrogen-bond donors (Lipinski definition) is 3. The van der Waals surface area contributed by atoms with E-state index in [9.17, 15) is 13.2 Å². The van der Waals surface area contributed by atoms with Gasteiger partial charge in [0.15, 0.2) is 5.11 Å². The molecule has 2 rings (SSSR count). The van der Waals surface area contributed by atoms with Crippen molar-refractivity contribution in [1.29, 1.82) is 0 Å². The zero-order valence-electron chi connectivity index (χ0n) is 15.0. The minimum absolute atomic E-state index is 0.114. The Balaban J connectivity index is 2.02. The van der Waals surface area contributed by atoms with Gasteiger partial charge < -0.3 is 5.32 Å². The van der Waals surface area contributed by atoms with Crippen LogP contribution in [0.15, 0.2) is 51.8 Å². The van der Waals surface area contributed by atoms with E-state index in [1.165, 1.54) is 12.1 Å². The lowest BCUT2D eigenvalue weighted by atomic mass is 10.1. The summed E-state index contributed by atoms with van der Waals surface area (Å²) in [5, 5.41) is 5.57. The van der Waals surface area contributed by atoms with Gasteiger partial charge in [-0.2, -0.15) is 0 Å². The Labute approximate surface area is 172 Å². The summed E-state index contributed by atoms with van der Waals surface area (Å²) in [6, 6.07) is 11.3. The first-order valence-electron chi connectivity index (χ1n) is 8.09. The summed E-state index contributed by atoms with van der Waals surface area (Å²) in [5.41, 5.74) is 2.05. The molecule has 0 aliphatic rings. The zero-order chi connectivity index (χ0) is 20.2. The van der Waals surface area contributed by atoms with Crippen LogP contribution in [0.4, 0.5) is 5.69 Å². The van der Waals surface area contributed by atoms with E-state index in [-0.39, 0.29) is 22.0 Å². The van der Waals surface area contributed by atoms with Crippen molar-refractivity contribution in [3.63, 3.8) is 0 Å². The zero-order valence-corrected chi connectivity index (χ0v) is 18.3. The Morgan fingerprint density at radius 1 is 1.11 bits per heavy atom. The van der Waals surface area contributed by atoms with E-state index < -0.39 is 10.0 Å². The van der Waals surface area contributed by atoms with Gasteiger partial charge in [0.05, 0.1) is 10.5 Å². The molecule has 0 fully saturated rings. The van der Waals surface area contributed by atoms with Gasteiger partial charge in [0.25, 0.3) is 5.91 Å². The number of nitrogens with one attached hydrogen (secondary N) is 3. The van der Waals surface area contributed by atoms with E-state index in [2.05, 4.69) is 31.3 Å². The molecule has 2 aromatic carbocycles. The first-order chi connectivity index (χ1) is 12.6. The second kappa shape index (κ2) is 8.92. The molecule has 0 unspecified atom stereocenters. The van der Waals surface area contributed by atoms with E-state index in [1.807, 2.05) is 19.1 Å². The molecule has 27 heavy (non-hydrogen) atoms. The van der Waals surface area contributed by atoms with Gasteiger partial charge in [0.1, 0.15) is 0 Å². The number of amides is 1. The number of anilines is 1. The van der Waals surface area contributed by atoms with Crippen LogP contribution in [0.25, 0.3) is 0 Å². The van der Waals surface area contributed by atoms with Crippen molar-refractivity contribution >= 4 is 54.9 Å². The molecule has 0 heterocycles. The predicted molar refractivity (Wildman–Crippen MR) is 114 cm³/mol. The van der Waals surface area contributed by atoms with Crippen LogP contribution in [-0.4, -0.2) is 25.5 Å². The Morgan fingerprint density at radius 2 is 1.74 bits per heavy atom. The van der Waals surface area contributed by atoms with Crippen molar-refractivity contribution in [2.75, 3.05) is 5.32 Å². The molecule has 0 spiro atoms. The van der Waals surface area contributed by atoms with Crippen LogP contribution in [0, 0.1) is 6.92 Å². The van der Waals surface area contributed by atoms with E-state index in [4.69, 9.17) is 12.2 Å². The minimum Gasteiger partial charge on any atom is -0.332 e. The Morgan fingerprint density at radius 3 is 2.30 bits per heavy atom. The molecule has 9 heteroatoms. The van der Waals surface area contributed by atoms with Crippen LogP contribution in [0.1, 0.15) is 29.8 Å². The first kappa shape index (κ1) is 21.5. The van der Waals surface area contributed by atoms with E-state index in [1.54, 1.807) is 32.0 Å². The van der Waals surface area contributed by atoms with Gasteiger partial charge in [0.2, 0.25) is 10.0 Å². The van der Waals surface area contributed by atoms with E-state index in [0.29, 0.717) is 15.7 Å². The number of hydrogen-bond acceptors (Lipinski definition) is 4. The van der Waals surface area contributed by atoms with Gasteiger partial charge in [-0.15, -0.1) is 0 Å². The summed E-state index contributed by atoms with van der Waals surface area (Å²) in [6.07, 6.45) is 0. The molecule has 0 radical (unpaired) electrons. The number of carbonyl (C=O) groups is 1. The topological polar surface area (TPSA) is 87.3 Å². The quantitative estimate of drug-likeness (QED) is 0.582. The molecule has 0 aliphatic carbocycles. The van der Waals surface area contributed by atoms with Gasteiger partial charge >= 0.3 is 0 Å². The summed E-state index contributed by atoms with van der Waals surface area (Å²) in [4.78, 5) is 12.5. The molecule has 0 atom stereocenters. The highest BCUT2D eigenvalue weighted by atomic mass is 79.9. The summed E-state index contributed by atoms with van der Waals surface area (Å²) in [5.74, 6) is -0.347. The third kappa shape index (κ3) is 6.10.